The third-order valence-electron chi connectivity index (χ3n) is 3.77. The van der Waals surface area contributed by atoms with Crippen LogP contribution >= 0.6 is 0 Å². The van der Waals surface area contributed by atoms with Gasteiger partial charge in [0.1, 0.15) is 5.60 Å². The Balaban J connectivity index is 2.25. The summed E-state index contributed by atoms with van der Waals surface area (Å²) < 4.78 is 7.39. The van der Waals surface area contributed by atoms with Gasteiger partial charge in [-0.2, -0.15) is 5.10 Å². The van der Waals surface area contributed by atoms with Gasteiger partial charge in [-0.1, -0.05) is 20.4 Å². The first-order valence-electron chi connectivity index (χ1n) is 8.49. The van der Waals surface area contributed by atoms with Gasteiger partial charge in [-0.25, -0.2) is 4.79 Å². The lowest BCUT2D eigenvalue weighted by Gasteiger charge is -2.31. The van der Waals surface area contributed by atoms with E-state index < -0.39 is 5.60 Å². The van der Waals surface area contributed by atoms with Gasteiger partial charge in [0.25, 0.3) is 0 Å². The smallest absolute Gasteiger partial charge is 0.414 e. The van der Waals surface area contributed by atoms with Crippen LogP contribution in [0.1, 0.15) is 52.3 Å². The van der Waals surface area contributed by atoms with Gasteiger partial charge in [0.15, 0.2) is 0 Å². The second-order valence-electron chi connectivity index (χ2n) is 7.81. The second kappa shape index (κ2) is 6.83. The number of carbonyl (C=O) groups excluding carboxylic acids is 1. The third-order valence-corrected chi connectivity index (χ3v) is 3.77. The van der Waals surface area contributed by atoms with Gasteiger partial charge in [0, 0.05) is 25.5 Å². The molecule has 1 aromatic rings. The molecule has 0 saturated carbocycles. The van der Waals surface area contributed by atoms with Crippen molar-refractivity contribution in [2.75, 3.05) is 6.54 Å². The lowest BCUT2D eigenvalue weighted by molar-refractivity contribution is 0.0300. The average Bonchev–Trinajstić information content (AvgIpc) is 2.80. The molecule has 1 aromatic heterocycles. The molecular weight excluding hydrogens is 302 g/mol. The molecule has 2 rings (SSSR count). The maximum atomic E-state index is 12.6. The SMILES string of the molecule is C=C(C1=Cc2nn(C)cc2CC1)N(CC(C)C)C(=O)OC(C)(C)C. The Morgan fingerprint density at radius 3 is 2.67 bits per heavy atom. The van der Waals surface area contributed by atoms with Crippen LogP contribution in [0.2, 0.25) is 0 Å². The topological polar surface area (TPSA) is 47.4 Å². The minimum atomic E-state index is -0.526. The summed E-state index contributed by atoms with van der Waals surface area (Å²) >= 11 is 0. The van der Waals surface area contributed by atoms with Crippen molar-refractivity contribution in [3.05, 3.63) is 35.3 Å². The molecule has 0 saturated heterocycles. The number of rotatable bonds is 4. The number of aromatic nitrogens is 2. The number of carbonyl (C=O) groups is 1. The highest BCUT2D eigenvalue weighted by atomic mass is 16.6. The van der Waals surface area contributed by atoms with Crippen molar-refractivity contribution in [2.45, 2.75) is 53.1 Å². The lowest BCUT2D eigenvalue weighted by Crippen LogP contribution is -2.38. The molecule has 0 fully saturated rings. The van der Waals surface area contributed by atoms with Crippen molar-refractivity contribution in [2.24, 2.45) is 13.0 Å². The lowest BCUT2D eigenvalue weighted by atomic mass is 9.95. The highest BCUT2D eigenvalue weighted by Crippen LogP contribution is 2.29. The largest absolute Gasteiger partial charge is 0.443 e. The van der Waals surface area contributed by atoms with Gasteiger partial charge < -0.3 is 4.74 Å². The predicted molar refractivity (Wildman–Crippen MR) is 96.4 cm³/mol. The summed E-state index contributed by atoms with van der Waals surface area (Å²) in [5.41, 5.74) is 3.44. The fourth-order valence-electron chi connectivity index (χ4n) is 2.75. The summed E-state index contributed by atoms with van der Waals surface area (Å²) in [4.78, 5) is 14.3. The van der Waals surface area contributed by atoms with Crippen molar-refractivity contribution in [1.82, 2.24) is 14.7 Å². The van der Waals surface area contributed by atoms with Gasteiger partial charge in [0.05, 0.1) is 5.69 Å². The fourth-order valence-corrected chi connectivity index (χ4v) is 2.75. The summed E-state index contributed by atoms with van der Waals surface area (Å²) in [5, 5.41) is 4.47. The summed E-state index contributed by atoms with van der Waals surface area (Å²) in [6.07, 6.45) is 5.52. The number of amides is 1. The molecular formula is C19H29N3O2. The minimum absolute atomic E-state index is 0.323. The van der Waals surface area contributed by atoms with Crippen LogP contribution < -0.4 is 0 Å². The van der Waals surface area contributed by atoms with Gasteiger partial charge in [-0.3, -0.25) is 9.58 Å². The molecule has 1 heterocycles. The first-order chi connectivity index (χ1) is 11.1. The number of hydrogen-bond donors (Lipinski definition) is 0. The highest BCUT2D eigenvalue weighted by Gasteiger charge is 2.27. The Morgan fingerprint density at radius 2 is 2.08 bits per heavy atom. The molecule has 0 atom stereocenters. The van der Waals surface area contributed by atoms with E-state index >= 15 is 0 Å². The molecule has 0 bridgehead atoms. The minimum Gasteiger partial charge on any atom is -0.443 e. The van der Waals surface area contributed by atoms with E-state index in [4.69, 9.17) is 4.74 Å². The van der Waals surface area contributed by atoms with Gasteiger partial charge in [0.2, 0.25) is 0 Å². The van der Waals surface area contributed by atoms with E-state index in [2.05, 4.69) is 25.5 Å². The molecule has 0 unspecified atom stereocenters. The number of allylic oxidation sites excluding steroid dienone is 1. The summed E-state index contributed by atoms with van der Waals surface area (Å²) in [6, 6.07) is 0. The summed E-state index contributed by atoms with van der Waals surface area (Å²) in [6.45, 7) is 14.6. The highest BCUT2D eigenvalue weighted by molar-refractivity contribution is 5.73. The zero-order valence-corrected chi connectivity index (χ0v) is 15.7. The second-order valence-corrected chi connectivity index (χ2v) is 7.81. The van der Waals surface area contributed by atoms with Crippen LogP contribution in [0.4, 0.5) is 4.79 Å². The molecule has 5 heteroatoms. The van der Waals surface area contributed by atoms with Crippen molar-refractivity contribution in [3.63, 3.8) is 0 Å². The first-order valence-corrected chi connectivity index (χ1v) is 8.49. The predicted octanol–water partition coefficient (Wildman–Crippen LogP) is 4.16. The van der Waals surface area contributed by atoms with E-state index in [1.54, 1.807) is 4.90 Å². The normalized spacial score (nSPS) is 14.2. The molecule has 1 aliphatic rings. The van der Waals surface area contributed by atoms with E-state index in [1.807, 2.05) is 44.8 Å². The molecule has 0 N–H and O–H groups in total. The van der Waals surface area contributed by atoms with Crippen LogP contribution in [0.25, 0.3) is 6.08 Å². The number of ether oxygens (including phenoxy) is 1. The number of fused-ring (bicyclic) bond motifs is 1. The van der Waals surface area contributed by atoms with Crippen LogP contribution in [0.3, 0.4) is 0 Å². The molecule has 0 aliphatic heterocycles. The molecule has 5 nitrogen and oxygen atoms in total. The van der Waals surface area contributed by atoms with E-state index in [9.17, 15) is 4.79 Å². The van der Waals surface area contributed by atoms with Gasteiger partial charge >= 0.3 is 6.09 Å². The summed E-state index contributed by atoms with van der Waals surface area (Å²) in [7, 11) is 1.92. The number of aryl methyl sites for hydroxylation is 2. The van der Waals surface area contributed by atoms with Crippen LogP contribution in [0, 0.1) is 5.92 Å². The Hall–Kier alpha value is -2.04. The monoisotopic (exact) mass is 331 g/mol. The van der Waals surface area contributed by atoms with Gasteiger partial charge in [-0.05, 0) is 56.7 Å². The van der Waals surface area contributed by atoms with Crippen molar-refractivity contribution < 1.29 is 9.53 Å². The molecule has 0 aromatic carbocycles. The average molecular weight is 331 g/mol. The van der Waals surface area contributed by atoms with E-state index in [0.717, 1.165) is 24.1 Å². The van der Waals surface area contributed by atoms with Crippen LogP contribution in [0.15, 0.2) is 24.0 Å². The zero-order chi connectivity index (χ0) is 18.1. The standard InChI is InChI=1S/C19H29N3O2/c1-13(2)11-22(18(23)24-19(4,5)6)14(3)15-8-9-16-12-21(7)20-17(16)10-15/h10,12-13H,3,8-9,11H2,1-2,4-7H3. The van der Waals surface area contributed by atoms with Crippen molar-refractivity contribution in [3.8, 4) is 0 Å². The molecule has 132 valence electrons. The van der Waals surface area contributed by atoms with E-state index in [1.165, 1.54) is 5.56 Å². The Bertz CT molecular complexity index is 663. The van der Waals surface area contributed by atoms with Crippen LogP contribution in [-0.2, 0) is 18.2 Å². The molecule has 24 heavy (non-hydrogen) atoms. The Labute approximate surface area is 145 Å². The van der Waals surface area contributed by atoms with Crippen molar-refractivity contribution >= 4 is 12.2 Å². The number of nitrogens with zero attached hydrogens (tertiary/aromatic N) is 3. The number of hydrogen-bond acceptors (Lipinski definition) is 3. The maximum absolute atomic E-state index is 12.6. The zero-order valence-electron chi connectivity index (χ0n) is 15.7. The molecule has 1 aliphatic carbocycles. The summed E-state index contributed by atoms with van der Waals surface area (Å²) in [5.74, 6) is 0.323. The molecule has 0 spiro atoms. The fraction of sp³-hybridized carbons (Fsp3) is 0.579. The first kappa shape index (κ1) is 18.3. The van der Waals surface area contributed by atoms with Crippen LogP contribution in [0.5, 0.6) is 0 Å². The quantitative estimate of drug-likeness (QED) is 0.832. The maximum Gasteiger partial charge on any atom is 0.414 e. The Kier molecular flexibility index (Phi) is 5.21. The van der Waals surface area contributed by atoms with Crippen molar-refractivity contribution in [1.29, 1.82) is 0 Å². The molecule has 1 amide bonds. The van der Waals surface area contributed by atoms with Gasteiger partial charge in [-0.15, -0.1) is 0 Å². The van der Waals surface area contributed by atoms with E-state index in [0.29, 0.717) is 18.2 Å². The van der Waals surface area contributed by atoms with Crippen LogP contribution in [-0.4, -0.2) is 32.9 Å². The molecule has 0 radical (unpaired) electrons. The Morgan fingerprint density at radius 1 is 1.42 bits per heavy atom. The van der Waals surface area contributed by atoms with E-state index in [-0.39, 0.29) is 6.09 Å². The third kappa shape index (κ3) is 4.49.